The molecule has 2 rings (SSSR count). The van der Waals surface area contributed by atoms with E-state index >= 15 is 0 Å². The van der Waals surface area contributed by atoms with Crippen LogP contribution in [-0.4, -0.2) is 38.3 Å². The fraction of sp³-hybridized carbons (Fsp3) is 0.900. The Labute approximate surface area is 84.4 Å². The number of nitrogens with one attached hydrogen (secondary N) is 2. The highest BCUT2D eigenvalue weighted by molar-refractivity contribution is 5.85. The van der Waals surface area contributed by atoms with Crippen molar-refractivity contribution < 1.29 is 9.53 Å². The first kappa shape index (κ1) is 9.93. The standard InChI is InChI=1S/C10H18N2O2/c1-10(3-4-10)9(13)12-7-5-11-6-8(7)14-2/h7-8,11H,3-6H2,1-2H3,(H,12,13)/t7?,8-/m0/s1. The smallest absolute Gasteiger partial charge is 0.226 e. The first-order valence-corrected chi connectivity index (χ1v) is 5.20. The van der Waals surface area contributed by atoms with E-state index in [-0.39, 0.29) is 23.5 Å². The van der Waals surface area contributed by atoms with Gasteiger partial charge in [0.1, 0.15) is 0 Å². The van der Waals surface area contributed by atoms with Crippen LogP contribution in [0.25, 0.3) is 0 Å². The Morgan fingerprint density at radius 2 is 2.21 bits per heavy atom. The van der Waals surface area contributed by atoms with Crippen LogP contribution in [0, 0.1) is 5.41 Å². The maximum Gasteiger partial charge on any atom is 0.226 e. The second-order valence-electron chi connectivity index (χ2n) is 4.57. The van der Waals surface area contributed by atoms with E-state index in [2.05, 4.69) is 10.6 Å². The molecule has 0 spiro atoms. The number of carbonyl (C=O) groups excluding carboxylic acids is 1. The van der Waals surface area contributed by atoms with Crippen molar-refractivity contribution in [2.45, 2.75) is 31.9 Å². The Morgan fingerprint density at radius 3 is 2.79 bits per heavy atom. The van der Waals surface area contributed by atoms with E-state index in [4.69, 9.17) is 4.74 Å². The van der Waals surface area contributed by atoms with Gasteiger partial charge in [0.05, 0.1) is 12.1 Å². The Balaban J connectivity index is 1.87. The van der Waals surface area contributed by atoms with E-state index in [1.165, 1.54) is 0 Å². The third kappa shape index (κ3) is 1.77. The summed E-state index contributed by atoms with van der Waals surface area (Å²) in [6.07, 6.45) is 2.18. The fourth-order valence-electron chi connectivity index (χ4n) is 1.80. The van der Waals surface area contributed by atoms with Crippen molar-refractivity contribution in [2.75, 3.05) is 20.2 Å². The first-order chi connectivity index (χ1) is 6.65. The topological polar surface area (TPSA) is 50.4 Å². The lowest BCUT2D eigenvalue weighted by Gasteiger charge is -2.20. The number of methoxy groups -OCH3 is 1. The average Bonchev–Trinajstić information content (AvgIpc) is 2.78. The van der Waals surface area contributed by atoms with Crippen LogP contribution in [-0.2, 0) is 9.53 Å². The molecule has 1 aliphatic heterocycles. The normalized spacial score (nSPS) is 34.1. The lowest BCUT2D eigenvalue weighted by molar-refractivity contribution is -0.127. The molecule has 1 unspecified atom stereocenters. The lowest BCUT2D eigenvalue weighted by atomic mass is 10.1. The molecule has 1 aliphatic carbocycles. The van der Waals surface area contributed by atoms with Crippen molar-refractivity contribution in [2.24, 2.45) is 5.41 Å². The third-order valence-corrected chi connectivity index (χ3v) is 3.33. The molecule has 0 aromatic heterocycles. The number of hydrogen-bond acceptors (Lipinski definition) is 3. The van der Waals surface area contributed by atoms with Crippen LogP contribution in [0.1, 0.15) is 19.8 Å². The van der Waals surface area contributed by atoms with Crippen LogP contribution in [0.15, 0.2) is 0 Å². The molecular weight excluding hydrogens is 180 g/mol. The summed E-state index contributed by atoms with van der Waals surface area (Å²) in [5, 5.41) is 6.27. The quantitative estimate of drug-likeness (QED) is 0.665. The van der Waals surface area contributed by atoms with Crippen molar-refractivity contribution in [3.63, 3.8) is 0 Å². The number of hydrogen-bond donors (Lipinski definition) is 2. The molecule has 0 bridgehead atoms. The van der Waals surface area contributed by atoms with Crippen molar-refractivity contribution >= 4 is 5.91 Å². The SMILES string of the molecule is CO[C@H]1CNCC1NC(=O)C1(C)CC1. The molecule has 2 aliphatic rings. The van der Waals surface area contributed by atoms with Crippen LogP contribution < -0.4 is 10.6 Å². The molecule has 4 heteroatoms. The second kappa shape index (κ2) is 3.51. The molecule has 2 atom stereocenters. The predicted molar refractivity (Wildman–Crippen MR) is 52.9 cm³/mol. The average molecular weight is 198 g/mol. The van der Waals surface area contributed by atoms with E-state index in [1.54, 1.807) is 7.11 Å². The monoisotopic (exact) mass is 198 g/mol. The summed E-state index contributed by atoms with van der Waals surface area (Å²) in [6.45, 7) is 3.67. The van der Waals surface area contributed by atoms with Gasteiger partial charge in [-0.05, 0) is 12.8 Å². The maximum absolute atomic E-state index is 11.8. The molecule has 14 heavy (non-hydrogen) atoms. The van der Waals surface area contributed by atoms with Crippen molar-refractivity contribution in [1.82, 2.24) is 10.6 Å². The van der Waals surface area contributed by atoms with Gasteiger partial charge in [0.25, 0.3) is 0 Å². The van der Waals surface area contributed by atoms with Gasteiger partial charge < -0.3 is 15.4 Å². The molecule has 1 heterocycles. The van der Waals surface area contributed by atoms with Gasteiger partial charge in [-0.2, -0.15) is 0 Å². The molecule has 2 fully saturated rings. The minimum absolute atomic E-state index is 0.0825. The molecular formula is C10H18N2O2. The summed E-state index contributed by atoms with van der Waals surface area (Å²) in [5.41, 5.74) is -0.0825. The van der Waals surface area contributed by atoms with E-state index < -0.39 is 0 Å². The molecule has 2 N–H and O–H groups in total. The number of ether oxygens (including phenoxy) is 1. The van der Waals surface area contributed by atoms with Crippen molar-refractivity contribution in [3.8, 4) is 0 Å². The third-order valence-electron chi connectivity index (χ3n) is 3.33. The fourth-order valence-corrected chi connectivity index (χ4v) is 1.80. The Bertz CT molecular complexity index is 238. The molecule has 80 valence electrons. The highest BCUT2D eigenvalue weighted by atomic mass is 16.5. The van der Waals surface area contributed by atoms with Crippen molar-refractivity contribution in [1.29, 1.82) is 0 Å². The number of rotatable bonds is 3. The van der Waals surface area contributed by atoms with Gasteiger partial charge in [0, 0.05) is 25.6 Å². The number of carbonyl (C=O) groups is 1. The summed E-state index contributed by atoms with van der Waals surface area (Å²) in [6, 6.07) is 0.143. The van der Waals surface area contributed by atoms with E-state index in [0.29, 0.717) is 0 Å². The summed E-state index contributed by atoms with van der Waals surface area (Å²) in [4.78, 5) is 11.8. The molecule has 0 aromatic rings. The van der Waals surface area contributed by atoms with Gasteiger partial charge in [0.15, 0.2) is 0 Å². The van der Waals surface area contributed by atoms with Crippen LogP contribution >= 0.6 is 0 Å². The zero-order valence-corrected chi connectivity index (χ0v) is 8.80. The van der Waals surface area contributed by atoms with Gasteiger partial charge in [-0.25, -0.2) is 0 Å². The van der Waals surface area contributed by atoms with E-state index in [1.807, 2.05) is 6.92 Å². The van der Waals surface area contributed by atoms with Crippen LogP contribution in [0.3, 0.4) is 0 Å². The summed E-state index contributed by atoms with van der Waals surface area (Å²) in [5.74, 6) is 0.188. The lowest BCUT2D eigenvalue weighted by Crippen LogP contribution is -2.46. The molecule has 0 radical (unpaired) electrons. The predicted octanol–water partition coefficient (Wildman–Crippen LogP) is -0.111. The highest BCUT2D eigenvalue weighted by Gasteiger charge is 2.46. The largest absolute Gasteiger partial charge is 0.378 e. The van der Waals surface area contributed by atoms with Gasteiger partial charge in [-0.15, -0.1) is 0 Å². The molecule has 1 saturated heterocycles. The van der Waals surface area contributed by atoms with E-state index in [9.17, 15) is 4.79 Å². The van der Waals surface area contributed by atoms with Crippen LogP contribution in [0.2, 0.25) is 0 Å². The molecule has 0 aromatic carbocycles. The Morgan fingerprint density at radius 1 is 1.50 bits per heavy atom. The second-order valence-corrected chi connectivity index (χ2v) is 4.57. The van der Waals surface area contributed by atoms with Crippen LogP contribution in [0.4, 0.5) is 0 Å². The van der Waals surface area contributed by atoms with Gasteiger partial charge >= 0.3 is 0 Å². The van der Waals surface area contributed by atoms with Gasteiger partial charge in [-0.3, -0.25) is 4.79 Å². The van der Waals surface area contributed by atoms with Crippen molar-refractivity contribution in [3.05, 3.63) is 0 Å². The summed E-state index contributed by atoms with van der Waals surface area (Å²) < 4.78 is 5.28. The van der Waals surface area contributed by atoms with Gasteiger partial charge in [0.2, 0.25) is 5.91 Å². The Kier molecular flexibility index (Phi) is 2.49. The molecule has 1 saturated carbocycles. The number of amides is 1. The zero-order chi connectivity index (χ0) is 10.2. The molecule has 4 nitrogen and oxygen atoms in total. The van der Waals surface area contributed by atoms with E-state index in [0.717, 1.165) is 25.9 Å². The summed E-state index contributed by atoms with van der Waals surface area (Å²) >= 11 is 0. The van der Waals surface area contributed by atoms with Gasteiger partial charge in [-0.1, -0.05) is 6.92 Å². The molecule has 1 amide bonds. The highest BCUT2D eigenvalue weighted by Crippen LogP contribution is 2.45. The maximum atomic E-state index is 11.8. The minimum Gasteiger partial charge on any atom is -0.378 e. The minimum atomic E-state index is -0.0825. The summed E-state index contributed by atoms with van der Waals surface area (Å²) in [7, 11) is 1.69. The zero-order valence-electron chi connectivity index (χ0n) is 8.80. The first-order valence-electron chi connectivity index (χ1n) is 5.20. The van der Waals surface area contributed by atoms with Crippen LogP contribution in [0.5, 0.6) is 0 Å². The Hall–Kier alpha value is -0.610.